The number of fused-ring (bicyclic) bond motifs is 1. The van der Waals surface area contributed by atoms with Crippen molar-refractivity contribution in [1.82, 2.24) is 4.98 Å². The number of rotatable bonds is 8. The molecule has 0 aliphatic carbocycles. The van der Waals surface area contributed by atoms with Crippen LogP contribution < -0.4 is 4.74 Å². The monoisotopic (exact) mass is 411 g/mol. The standard InChI is InChI=1S/C23H22FNO5/c1-3-29-23(27)20(12-9-15-7-5-4-6-8-15)30-21-14-19(22(26)28-2)25-18-11-10-16(24)13-17(18)21/h4-8,10-11,13-14,20H,3,9,12H2,1-2H3. The molecule has 1 aromatic heterocycles. The van der Waals surface area contributed by atoms with E-state index < -0.39 is 23.9 Å². The van der Waals surface area contributed by atoms with Gasteiger partial charge < -0.3 is 14.2 Å². The van der Waals surface area contributed by atoms with Crippen LogP contribution in [0.3, 0.4) is 0 Å². The number of pyridine rings is 1. The van der Waals surface area contributed by atoms with Crippen LogP contribution >= 0.6 is 0 Å². The smallest absolute Gasteiger partial charge is 0.356 e. The number of nitrogens with zero attached hydrogens (tertiary/aromatic N) is 1. The zero-order chi connectivity index (χ0) is 21.5. The molecule has 0 saturated heterocycles. The fraction of sp³-hybridized carbons (Fsp3) is 0.261. The molecular formula is C23H22FNO5. The van der Waals surface area contributed by atoms with Crippen molar-refractivity contribution in [2.45, 2.75) is 25.9 Å². The maximum atomic E-state index is 13.9. The minimum absolute atomic E-state index is 0.00252. The van der Waals surface area contributed by atoms with Gasteiger partial charge in [0.2, 0.25) is 0 Å². The largest absolute Gasteiger partial charge is 0.478 e. The van der Waals surface area contributed by atoms with Gasteiger partial charge in [0, 0.05) is 11.5 Å². The van der Waals surface area contributed by atoms with Crippen LogP contribution in [-0.2, 0) is 20.7 Å². The molecule has 7 heteroatoms. The number of aromatic nitrogens is 1. The summed E-state index contributed by atoms with van der Waals surface area (Å²) in [5.41, 5.74) is 1.38. The van der Waals surface area contributed by atoms with Crippen molar-refractivity contribution in [1.29, 1.82) is 0 Å². The Balaban J connectivity index is 1.96. The molecule has 0 bridgehead atoms. The molecule has 0 amide bonds. The lowest BCUT2D eigenvalue weighted by Gasteiger charge is -2.19. The maximum Gasteiger partial charge on any atom is 0.356 e. The van der Waals surface area contributed by atoms with E-state index in [9.17, 15) is 14.0 Å². The Morgan fingerprint density at radius 2 is 1.87 bits per heavy atom. The highest BCUT2D eigenvalue weighted by atomic mass is 19.1. The number of ether oxygens (including phenoxy) is 3. The van der Waals surface area contributed by atoms with E-state index in [1.807, 2.05) is 30.3 Å². The van der Waals surface area contributed by atoms with Crippen molar-refractivity contribution in [2.75, 3.05) is 13.7 Å². The van der Waals surface area contributed by atoms with Crippen molar-refractivity contribution in [3.05, 3.63) is 71.7 Å². The number of benzene rings is 2. The molecule has 2 aromatic carbocycles. The van der Waals surface area contributed by atoms with Crippen LogP contribution in [0.2, 0.25) is 0 Å². The number of carbonyl (C=O) groups is 2. The highest BCUT2D eigenvalue weighted by molar-refractivity contribution is 5.94. The molecule has 156 valence electrons. The van der Waals surface area contributed by atoms with Gasteiger partial charge in [-0.05, 0) is 43.5 Å². The number of hydrogen-bond acceptors (Lipinski definition) is 6. The summed E-state index contributed by atoms with van der Waals surface area (Å²) < 4.78 is 29.7. The zero-order valence-corrected chi connectivity index (χ0v) is 16.8. The molecule has 0 N–H and O–H groups in total. The van der Waals surface area contributed by atoms with Crippen molar-refractivity contribution < 1.29 is 28.2 Å². The summed E-state index contributed by atoms with van der Waals surface area (Å²) in [4.78, 5) is 28.7. The first-order valence-electron chi connectivity index (χ1n) is 9.57. The van der Waals surface area contributed by atoms with E-state index in [0.717, 1.165) is 5.56 Å². The van der Waals surface area contributed by atoms with Crippen LogP contribution in [0.4, 0.5) is 4.39 Å². The second-order valence-electron chi connectivity index (χ2n) is 6.54. The molecule has 30 heavy (non-hydrogen) atoms. The van der Waals surface area contributed by atoms with Gasteiger partial charge in [0.05, 0.1) is 19.2 Å². The van der Waals surface area contributed by atoms with Crippen LogP contribution in [-0.4, -0.2) is 36.7 Å². The average molecular weight is 411 g/mol. The van der Waals surface area contributed by atoms with Gasteiger partial charge in [-0.25, -0.2) is 19.0 Å². The topological polar surface area (TPSA) is 74.7 Å². The van der Waals surface area contributed by atoms with Gasteiger partial charge in [0.25, 0.3) is 0 Å². The lowest BCUT2D eigenvalue weighted by atomic mass is 10.1. The van der Waals surface area contributed by atoms with Crippen LogP contribution in [0.1, 0.15) is 29.4 Å². The molecule has 3 rings (SSSR count). The summed E-state index contributed by atoms with van der Waals surface area (Å²) >= 11 is 0. The summed E-state index contributed by atoms with van der Waals surface area (Å²) in [6, 6.07) is 14.9. The van der Waals surface area contributed by atoms with E-state index in [4.69, 9.17) is 14.2 Å². The van der Waals surface area contributed by atoms with Crippen molar-refractivity contribution in [3.8, 4) is 5.75 Å². The summed E-state index contributed by atoms with van der Waals surface area (Å²) in [6.45, 7) is 1.90. The third-order valence-electron chi connectivity index (χ3n) is 4.48. The van der Waals surface area contributed by atoms with Crippen LogP contribution in [0.15, 0.2) is 54.6 Å². The first-order valence-corrected chi connectivity index (χ1v) is 9.57. The molecule has 0 radical (unpaired) electrons. The minimum atomic E-state index is -0.940. The molecule has 0 aliphatic rings. The van der Waals surface area contributed by atoms with E-state index in [1.165, 1.54) is 31.4 Å². The first-order chi connectivity index (χ1) is 14.5. The van der Waals surface area contributed by atoms with E-state index in [-0.39, 0.29) is 18.1 Å². The highest BCUT2D eigenvalue weighted by Crippen LogP contribution is 2.28. The van der Waals surface area contributed by atoms with Gasteiger partial charge >= 0.3 is 11.9 Å². The Morgan fingerprint density at radius 3 is 2.57 bits per heavy atom. The molecular weight excluding hydrogens is 389 g/mol. The fourth-order valence-corrected chi connectivity index (χ4v) is 3.03. The van der Waals surface area contributed by atoms with E-state index in [2.05, 4.69) is 4.98 Å². The summed E-state index contributed by atoms with van der Waals surface area (Å²) in [5, 5.41) is 0.344. The Labute approximate surface area is 173 Å². The molecule has 6 nitrogen and oxygen atoms in total. The van der Waals surface area contributed by atoms with Gasteiger partial charge in [-0.3, -0.25) is 0 Å². The highest BCUT2D eigenvalue weighted by Gasteiger charge is 2.24. The predicted octanol–water partition coefficient (Wildman–Crippen LogP) is 4.10. The van der Waals surface area contributed by atoms with E-state index in [0.29, 0.717) is 23.7 Å². The number of esters is 2. The number of methoxy groups -OCH3 is 1. The second kappa shape index (κ2) is 9.82. The van der Waals surface area contributed by atoms with Gasteiger partial charge in [-0.2, -0.15) is 0 Å². The Kier molecular flexibility index (Phi) is 6.95. The number of hydrogen-bond donors (Lipinski definition) is 0. The molecule has 0 saturated carbocycles. The molecule has 3 aromatic rings. The number of halogens is 1. The normalized spacial score (nSPS) is 11.7. The molecule has 0 aliphatic heterocycles. The summed E-state index contributed by atoms with van der Waals surface area (Å²) in [5.74, 6) is -1.53. The van der Waals surface area contributed by atoms with Crippen molar-refractivity contribution >= 4 is 22.8 Å². The fourth-order valence-electron chi connectivity index (χ4n) is 3.03. The lowest BCUT2D eigenvalue weighted by Crippen LogP contribution is -2.30. The lowest BCUT2D eigenvalue weighted by molar-refractivity contribution is -0.151. The van der Waals surface area contributed by atoms with Gasteiger partial charge in [0.15, 0.2) is 11.8 Å². The Morgan fingerprint density at radius 1 is 1.10 bits per heavy atom. The Bertz CT molecular complexity index is 1040. The van der Waals surface area contributed by atoms with Crippen LogP contribution in [0.5, 0.6) is 5.75 Å². The number of carbonyl (C=O) groups excluding carboxylic acids is 2. The van der Waals surface area contributed by atoms with Gasteiger partial charge in [-0.1, -0.05) is 30.3 Å². The second-order valence-corrected chi connectivity index (χ2v) is 6.54. The minimum Gasteiger partial charge on any atom is -0.478 e. The first kappa shape index (κ1) is 21.2. The zero-order valence-electron chi connectivity index (χ0n) is 16.8. The molecule has 0 spiro atoms. The molecule has 1 unspecified atom stereocenters. The quantitative estimate of drug-likeness (QED) is 0.520. The van der Waals surface area contributed by atoms with E-state index in [1.54, 1.807) is 6.92 Å². The van der Waals surface area contributed by atoms with E-state index >= 15 is 0 Å². The molecule has 1 atom stereocenters. The van der Waals surface area contributed by atoms with Crippen LogP contribution in [0, 0.1) is 5.82 Å². The van der Waals surface area contributed by atoms with Crippen molar-refractivity contribution in [3.63, 3.8) is 0 Å². The average Bonchev–Trinajstić information content (AvgIpc) is 2.76. The van der Waals surface area contributed by atoms with Crippen LogP contribution in [0.25, 0.3) is 10.9 Å². The summed E-state index contributed by atoms with van der Waals surface area (Å²) in [6.07, 6.45) is -0.0225. The third-order valence-corrected chi connectivity index (χ3v) is 4.48. The Hall–Kier alpha value is -3.48. The van der Waals surface area contributed by atoms with Gasteiger partial charge in [-0.15, -0.1) is 0 Å². The van der Waals surface area contributed by atoms with Gasteiger partial charge in [0.1, 0.15) is 11.6 Å². The maximum absolute atomic E-state index is 13.9. The molecule has 0 fully saturated rings. The SMILES string of the molecule is CCOC(=O)C(CCc1ccccc1)Oc1cc(C(=O)OC)nc2ccc(F)cc12. The number of aryl methyl sites for hydroxylation is 1. The van der Waals surface area contributed by atoms with Crippen molar-refractivity contribution in [2.24, 2.45) is 0 Å². The molecule has 1 heterocycles. The third kappa shape index (κ3) is 5.11. The predicted molar refractivity (Wildman–Crippen MR) is 109 cm³/mol. The summed E-state index contributed by atoms with van der Waals surface area (Å²) in [7, 11) is 1.24.